The van der Waals surface area contributed by atoms with E-state index < -0.39 is 0 Å². The maximum Gasteiger partial charge on any atom is 0.412 e. The number of cyclic esters (lactones) is 1. The molecule has 2 rings (SSSR count). The Hall–Kier alpha value is -0.810. The van der Waals surface area contributed by atoms with Crippen molar-refractivity contribution in [2.75, 3.05) is 19.8 Å². The molecule has 2 unspecified atom stereocenters. The lowest BCUT2D eigenvalue weighted by Crippen LogP contribution is -2.46. The van der Waals surface area contributed by atoms with Crippen LogP contribution in [-0.4, -0.2) is 48.2 Å². The summed E-state index contributed by atoms with van der Waals surface area (Å²) in [6.45, 7) is 0.896. The maximum atomic E-state index is 11.4. The van der Waals surface area contributed by atoms with Crippen LogP contribution in [0.3, 0.4) is 0 Å². The van der Waals surface area contributed by atoms with Gasteiger partial charge in [0.05, 0.1) is 12.6 Å². The molecule has 0 aromatic rings. The third-order valence-electron chi connectivity index (χ3n) is 2.68. The number of aliphatic hydroxyl groups is 1. The van der Waals surface area contributed by atoms with Crippen LogP contribution in [0.5, 0.6) is 0 Å². The molecule has 2 atom stereocenters. The fraction of sp³-hybridized carbons (Fsp3) is 0.889. The summed E-state index contributed by atoms with van der Waals surface area (Å²) in [4.78, 5) is 12.9. The predicted octanol–water partition coefficient (Wildman–Crippen LogP) is 0.326. The fourth-order valence-corrected chi connectivity index (χ4v) is 1.91. The first-order chi connectivity index (χ1) is 6.83. The number of hydrogen-bond acceptors (Lipinski definition) is 4. The van der Waals surface area contributed by atoms with Crippen LogP contribution in [0.2, 0.25) is 0 Å². The van der Waals surface area contributed by atoms with Gasteiger partial charge in [-0.3, -0.25) is 4.90 Å². The highest BCUT2D eigenvalue weighted by molar-refractivity contribution is 5.70. The van der Waals surface area contributed by atoms with Gasteiger partial charge in [0, 0.05) is 6.61 Å². The highest BCUT2D eigenvalue weighted by atomic mass is 16.6. The van der Waals surface area contributed by atoms with Gasteiger partial charge in [-0.2, -0.15) is 0 Å². The summed E-state index contributed by atoms with van der Waals surface area (Å²) in [5.74, 6) is 0. The Balaban J connectivity index is 2.01. The Kier molecular flexibility index (Phi) is 2.88. The van der Waals surface area contributed by atoms with Gasteiger partial charge in [-0.1, -0.05) is 0 Å². The minimum Gasteiger partial charge on any atom is -0.447 e. The third-order valence-corrected chi connectivity index (χ3v) is 2.68. The number of ether oxygens (including phenoxy) is 2. The molecule has 2 aliphatic heterocycles. The molecule has 2 heterocycles. The van der Waals surface area contributed by atoms with Crippen LogP contribution in [0.4, 0.5) is 4.79 Å². The van der Waals surface area contributed by atoms with Crippen LogP contribution in [0, 0.1) is 0 Å². The second kappa shape index (κ2) is 4.14. The topological polar surface area (TPSA) is 59.0 Å². The predicted molar refractivity (Wildman–Crippen MR) is 47.7 cm³/mol. The third kappa shape index (κ3) is 1.69. The zero-order chi connectivity index (χ0) is 9.97. The molecule has 0 aliphatic carbocycles. The fourth-order valence-electron chi connectivity index (χ4n) is 1.91. The van der Waals surface area contributed by atoms with E-state index in [0.29, 0.717) is 6.61 Å². The second-order valence-electron chi connectivity index (χ2n) is 3.64. The molecular weight excluding hydrogens is 186 g/mol. The summed E-state index contributed by atoms with van der Waals surface area (Å²) in [5.41, 5.74) is 0. The van der Waals surface area contributed by atoms with Crippen molar-refractivity contribution in [2.24, 2.45) is 0 Å². The zero-order valence-corrected chi connectivity index (χ0v) is 8.02. The van der Waals surface area contributed by atoms with Gasteiger partial charge in [-0.05, 0) is 19.3 Å². The van der Waals surface area contributed by atoms with Gasteiger partial charge in [0.1, 0.15) is 12.8 Å². The van der Waals surface area contributed by atoms with E-state index in [1.165, 1.54) is 4.90 Å². The molecule has 0 aromatic heterocycles. The molecule has 0 spiro atoms. The van der Waals surface area contributed by atoms with Crippen LogP contribution >= 0.6 is 0 Å². The first kappa shape index (κ1) is 9.73. The van der Waals surface area contributed by atoms with E-state index in [0.717, 1.165) is 19.3 Å². The Morgan fingerprint density at radius 2 is 2.36 bits per heavy atom. The van der Waals surface area contributed by atoms with Crippen molar-refractivity contribution in [1.82, 2.24) is 4.90 Å². The lowest BCUT2D eigenvalue weighted by molar-refractivity contribution is -0.0770. The van der Waals surface area contributed by atoms with E-state index in [9.17, 15) is 4.79 Å². The first-order valence-electron chi connectivity index (χ1n) is 5.00. The van der Waals surface area contributed by atoms with Crippen molar-refractivity contribution in [3.8, 4) is 0 Å². The number of carbonyl (C=O) groups is 1. The molecule has 14 heavy (non-hydrogen) atoms. The van der Waals surface area contributed by atoms with E-state index in [2.05, 4.69) is 0 Å². The lowest BCUT2D eigenvalue weighted by Gasteiger charge is -2.32. The highest BCUT2D eigenvalue weighted by Gasteiger charge is 2.38. The van der Waals surface area contributed by atoms with E-state index >= 15 is 0 Å². The smallest absolute Gasteiger partial charge is 0.412 e. The molecule has 0 saturated carbocycles. The summed E-state index contributed by atoms with van der Waals surface area (Å²) in [6, 6.07) is -0.231. The molecule has 0 bridgehead atoms. The number of aliphatic hydroxyl groups excluding tert-OH is 1. The molecule has 2 aliphatic rings. The Bertz CT molecular complexity index is 215. The Labute approximate surface area is 82.6 Å². The van der Waals surface area contributed by atoms with Gasteiger partial charge >= 0.3 is 6.09 Å². The lowest BCUT2D eigenvalue weighted by atomic mass is 10.1. The minimum atomic E-state index is -0.365. The largest absolute Gasteiger partial charge is 0.447 e. The number of rotatable bonds is 2. The summed E-state index contributed by atoms with van der Waals surface area (Å²) in [6.07, 6.45) is 2.38. The molecule has 1 N–H and O–H groups in total. The van der Waals surface area contributed by atoms with E-state index in [4.69, 9.17) is 14.6 Å². The second-order valence-corrected chi connectivity index (χ2v) is 3.64. The molecule has 5 nitrogen and oxygen atoms in total. The van der Waals surface area contributed by atoms with Gasteiger partial charge < -0.3 is 14.6 Å². The van der Waals surface area contributed by atoms with Crippen LogP contribution < -0.4 is 0 Å². The molecule has 2 saturated heterocycles. The van der Waals surface area contributed by atoms with Crippen molar-refractivity contribution in [3.63, 3.8) is 0 Å². The molecular formula is C9H15NO4. The van der Waals surface area contributed by atoms with Crippen molar-refractivity contribution in [2.45, 2.75) is 31.5 Å². The summed E-state index contributed by atoms with van der Waals surface area (Å²) in [5, 5.41) is 9.06. The Morgan fingerprint density at radius 3 is 3.00 bits per heavy atom. The molecule has 1 amide bonds. The number of carbonyl (C=O) groups excluding carboxylic acids is 1. The summed E-state index contributed by atoms with van der Waals surface area (Å²) < 4.78 is 10.3. The molecule has 2 fully saturated rings. The van der Waals surface area contributed by atoms with Gasteiger partial charge in [0.2, 0.25) is 0 Å². The van der Waals surface area contributed by atoms with Crippen LogP contribution in [0.15, 0.2) is 0 Å². The molecule has 0 aromatic carbocycles. The van der Waals surface area contributed by atoms with Gasteiger partial charge in [-0.15, -0.1) is 0 Å². The van der Waals surface area contributed by atoms with Crippen molar-refractivity contribution in [1.29, 1.82) is 0 Å². The van der Waals surface area contributed by atoms with Crippen LogP contribution in [0.1, 0.15) is 19.3 Å². The summed E-state index contributed by atoms with van der Waals surface area (Å²) in [7, 11) is 0. The monoisotopic (exact) mass is 201 g/mol. The maximum absolute atomic E-state index is 11.4. The average Bonchev–Trinajstić information content (AvgIpc) is 2.61. The number of hydrogen-bond donors (Lipinski definition) is 1. The average molecular weight is 201 g/mol. The SMILES string of the molecule is O=C1OCC(CO)N1C1CCCCO1. The standard InChI is InChI=1S/C9H15NO4/c11-5-7-6-14-9(12)10(7)8-3-1-2-4-13-8/h7-8,11H,1-6H2. The van der Waals surface area contributed by atoms with Crippen molar-refractivity contribution < 1.29 is 19.4 Å². The summed E-state index contributed by atoms with van der Waals surface area (Å²) >= 11 is 0. The molecule has 0 radical (unpaired) electrons. The van der Waals surface area contributed by atoms with E-state index in [1.807, 2.05) is 0 Å². The zero-order valence-electron chi connectivity index (χ0n) is 8.02. The minimum absolute atomic E-state index is 0.0639. The van der Waals surface area contributed by atoms with Gasteiger partial charge in [0.15, 0.2) is 0 Å². The normalized spacial score (nSPS) is 33.2. The van der Waals surface area contributed by atoms with E-state index in [-0.39, 0.29) is 31.6 Å². The highest BCUT2D eigenvalue weighted by Crippen LogP contribution is 2.23. The van der Waals surface area contributed by atoms with Gasteiger partial charge in [0.25, 0.3) is 0 Å². The van der Waals surface area contributed by atoms with E-state index in [1.54, 1.807) is 0 Å². The molecule has 5 heteroatoms. The number of amides is 1. The first-order valence-corrected chi connectivity index (χ1v) is 5.00. The van der Waals surface area contributed by atoms with Crippen molar-refractivity contribution in [3.05, 3.63) is 0 Å². The molecule has 80 valence electrons. The van der Waals surface area contributed by atoms with Crippen LogP contribution in [-0.2, 0) is 9.47 Å². The Morgan fingerprint density at radius 1 is 1.50 bits per heavy atom. The quantitative estimate of drug-likeness (QED) is 0.699. The number of nitrogens with zero attached hydrogens (tertiary/aromatic N) is 1. The van der Waals surface area contributed by atoms with Crippen LogP contribution in [0.25, 0.3) is 0 Å². The van der Waals surface area contributed by atoms with Gasteiger partial charge in [-0.25, -0.2) is 4.79 Å². The van der Waals surface area contributed by atoms with Crippen molar-refractivity contribution >= 4 is 6.09 Å².